The molecule has 2 N–H and O–H groups in total. The number of nitrogens with zero attached hydrogens (tertiary/aromatic N) is 1. The Hall–Kier alpha value is -0.690. The zero-order valence-corrected chi connectivity index (χ0v) is 15.1. The number of likely N-dealkylation sites (tertiary alicyclic amines) is 1. The molecule has 1 heterocycles. The third-order valence-electron chi connectivity index (χ3n) is 4.53. The smallest absolute Gasteiger partial charge is 0.222 e. The zero-order chi connectivity index (χ0) is 16.9. The topological polar surface area (TPSA) is 62.8 Å². The van der Waals surface area contributed by atoms with Crippen LogP contribution in [0.3, 0.4) is 0 Å². The second kappa shape index (κ2) is 12.7. The molecule has 1 saturated heterocycles. The van der Waals surface area contributed by atoms with Crippen molar-refractivity contribution < 1.29 is 14.3 Å². The first-order valence-corrected chi connectivity index (χ1v) is 9.00. The van der Waals surface area contributed by atoms with Crippen LogP contribution in [-0.4, -0.2) is 76.5 Å². The third kappa shape index (κ3) is 9.25. The Morgan fingerprint density at radius 1 is 1.17 bits per heavy atom. The van der Waals surface area contributed by atoms with Crippen LogP contribution < -0.4 is 10.6 Å². The molecule has 1 aliphatic heterocycles. The average molecular weight is 329 g/mol. The fourth-order valence-electron chi connectivity index (χ4n) is 2.57. The van der Waals surface area contributed by atoms with Gasteiger partial charge < -0.3 is 25.0 Å². The molecular formula is C17H35N3O3. The predicted octanol–water partition coefficient (Wildman–Crippen LogP) is 0.866. The van der Waals surface area contributed by atoms with E-state index in [1.807, 2.05) is 20.9 Å². The molecule has 0 aromatic carbocycles. The molecule has 23 heavy (non-hydrogen) atoms. The molecule has 0 radical (unpaired) electrons. The van der Waals surface area contributed by atoms with Gasteiger partial charge in [-0.3, -0.25) is 4.79 Å². The molecule has 1 rings (SSSR count). The summed E-state index contributed by atoms with van der Waals surface area (Å²) in [7, 11) is 2.04. The van der Waals surface area contributed by atoms with Crippen molar-refractivity contribution in [2.45, 2.75) is 39.2 Å². The maximum absolute atomic E-state index is 11.5. The molecule has 136 valence electrons. The first-order chi connectivity index (χ1) is 11.2. The Morgan fingerprint density at radius 2 is 1.83 bits per heavy atom. The van der Waals surface area contributed by atoms with Crippen molar-refractivity contribution in [1.82, 2.24) is 15.5 Å². The summed E-state index contributed by atoms with van der Waals surface area (Å²) in [4.78, 5) is 14.0. The first kappa shape index (κ1) is 20.4. The lowest BCUT2D eigenvalue weighted by molar-refractivity contribution is -0.124. The van der Waals surface area contributed by atoms with Crippen molar-refractivity contribution in [1.29, 1.82) is 0 Å². The van der Waals surface area contributed by atoms with E-state index in [1.54, 1.807) is 0 Å². The van der Waals surface area contributed by atoms with Gasteiger partial charge in [-0.2, -0.15) is 0 Å². The molecule has 1 atom stereocenters. The van der Waals surface area contributed by atoms with Gasteiger partial charge in [0, 0.05) is 25.0 Å². The van der Waals surface area contributed by atoms with E-state index in [4.69, 9.17) is 9.47 Å². The molecule has 0 bridgehead atoms. The molecule has 0 spiro atoms. The molecule has 1 fully saturated rings. The van der Waals surface area contributed by atoms with E-state index in [0.29, 0.717) is 32.4 Å². The highest BCUT2D eigenvalue weighted by Crippen LogP contribution is 2.09. The van der Waals surface area contributed by atoms with Gasteiger partial charge in [-0.1, -0.05) is 13.8 Å². The van der Waals surface area contributed by atoms with Crippen molar-refractivity contribution in [2.24, 2.45) is 5.92 Å². The van der Waals surface area contributed by atoms with Gasteiger partial charge >= 0.3 is 0 Å². The molecule has 1 aliphatic rings. The van der Waals surface area contributed by atoms with Crippen LogP contribution in [0.1, 0.15) is 33.1 Å². The standard InChI is InChI=1S/C17H35N3O3/c1-4-15(2)17(21)19-7-11-22-13-14-23-12-10-20-8-5-16(18-3)6-9-20/h15-16,18H,4-14H2,1-3H3,(H,19,21). The Kier molecular flexibility index (Phi) is 11.2. The van der Waals surface area contributed by atoms with Gasteiger partial charge in [-0.05, 0) is 39.4 Å². The Bertz CT molecular complexity index is 307. The van der Waals surface area contributed by atoms with Gasteiger partial charge in [0.1, 0.15) is 0 Å². The Morgan fingerprint density at radius 3 is 2.43 bits per heavy atom. The average Bonchev–Trinajstić information content (AvgIpc) is 2.59. The zero-order valence-electron chi connectivity index (χ0n) is 15.1. The molecule has 1 amide bonds. The van der Waals surface area contributed by atoms with Gasteiger partial charge in [0.15, 0.2) is 0 Å². The minimum absolute atomic E-state index is 0.0801. The molecular weight excluding hydrogens is 294 g/mol. The summed E-state index contributed by atoms with van der Waals surface area (Å²) < 4.78 is 11.1. The normalized spacial score (nSPS) is 18.0. The lowest BCUT2D eigenvalue weighted by Crippen LogP contribution is -2.42. The number of nitrogens with one attached hydrogen (secondary N) is 2. The minimum Gasteiger partial charge on any atom is -0.378 e. The van der Waals surface area contributed by atoms with Crippen LogP contribution in [0.5, 0.6) is 0 Å². The largest absolute Gasteiger partial charge is 0.378 e. The van der Waals surface area contributed by atoms with Crippen molar-refractivity contribution in [3.05, 3.63) is 0 Å². The summed E-state index contributed by atoms with van der Waals surface area (Å²) in [6, 6.07) is 0.682. The van der Waals surface area contributed by atoms with Crippen molar-refractivity contribution in [2.75, 3.05) is 59.7 Å². The summed E-state index contributed by atoms with van der Waals surface area (Å²) >= 11 is 0. The van der Waals surface area contributed by atoms with E-state index in [9.17, 15) is 4.79 Å². The van der Waals surface area contributed by atoms with E-state index < -0.39 is 0 Å². The number of piperidine rings is 1. The highest BCUT2D eigenvalue weighted by Gasteiger charge is 2.16. The molecule has 0 aromatic rings. The van der Waals surface area contributed by atoms with Crippen LogP contribution >= 0.6 is 0 Å². The monoisotopic (exact) mass is 329 g/mol. The number of hydrogen-bond donors (Lipinski definition) is 2. The van der Waals surface area contributed by atoms with Gasteiger partial charge in [-0.15, -0.1) is 0 Å². The number of ether oxygens (including phenoxy) is 2. The highest BCUT2D eigenvalue weighted by molar-refractivity contribution is 5.78. The van der Waals surface area contributed by atoms with Crippen LogP contribution in [0.25, 0.3) is 0 Å². The number of hydrogen-bond acceptors (Lipinski definition) is 5. The van der Waals surface area contributed by atoms with E-state index in [2.05, 4.69) is 15.5 Å². The van der Waals surface area contributed by atoms with Gasteiger partial charge in [0.2, 0.25) is 5.91 Å². The molecule has 0 saturated carbocycles. The lowest BCUT2D eigenvalue weighted by Gasteiger charge is -2.31. The molecule has 6 heteroatoms. The molecule has 0 aromatic heterocycles. The van der Waals surface area contributed by atoms with E-state index in [0.717, 1.165) is 32.7 Å². The highest BCUT2D eigenvalue weighted by atomic mass is 16.5. The maximum Gasteiger partial charge on any atom is 0.222 e. The molecule has 1 unspecified atom stereocenters. The quantitative estimate of drug-likeness (QED) is 0.520. The fourth-order valence-corrected chi connectivity index (χ4v) is 2.57. The first-order valence-electron chi connectivity index (χ1n) is 9.00. The van der Waals surface area contributed by atoms with Crippen LogP contribution in [0.2, 0.25) is 0 Å². The SMILES string of the molecule is CCC(C)C(=O)NCCOCCOCCN1CCC(NC)CC1. The second-order valence-corrected chi connectivity index (χ2v) is 6.23. The lowest BCUT2D eigenvalue weighted by atomic mass is 10.1. The summed E-state index contributed by atoms with van der Waals surface area (Å²) in [6.07, 6.45) is 3.32. The molecule has 0 aliphatic carbocycles. The van der Waals surface area contributed by atoms with Crippen molar-refractivity contribution in [3.8, 4) is 0 Å². The van der Waals surface area contributed by atoms with E-state index in [-0.39, 0.29) is 11.8 Å². The van der Waals surface area contributed by atoms with E-state index in [1.165, 1.54) is 12.8 Å². The summed E-state index contributed by atoms with van der Waals surface area (Å²) in [5.41, 5.74) is 0. The van der Waals surface area contributed by atoms with Crippen LogP contribution in [-0.2, 0) is 14.3 Å². The van der Waals surface area contributed by atoms with E-state index >= 15 is 0 Å². The molecule has 6 nitrogen and oxygen atoms in total. The number of amides is 1. The van der Waals surface area contributed by atoms with Crippen molar-refractivity contribution in [3.63, 3.8) is 0 Å². The summed E-state index contributed by atoms with van der Waals surface area (Å²) in [5, 5.41) is 6.21. The Balaban J connectivity index is 1.84. The Labute approximate surface area is 141 Å². The minimum atomic E-state index is 0.0801. The van der Waals surface area contributed by atoms with Crippen LogP contribution in [0.4, 0.5) is 0 Å². The van der Waals surface area contributed by atoms with Crippen LogP contribution in [0.15, 0.2) is 0 Å². The predicted molar refractivity (Wildman–Crippen MR) is 92.6 cm³/mol. The van der Waals surface area contributed by atoms with Gasteiger partial charge in [0.05, 0.1) is 26.4 Å². The van der Waals surface area contributed by atoms with Gasteiger partial charge in [-0.25, -0.2) is 0 Å². The summed E-state index contributed by atoms with van der Waals surface area (Å²) in [5.74, 6) is 0.186. The summed E-state index contributed by atoms with van der Waals surface area (Å²) in [6.45, 7) is 10.3. The number of carbonyl (C=O) groups excluding carboxylic acids is 1. The number of rotatable bonds is 12. The second-order valence-electron chi connectivity index (χ2n) is 6.23. The number of carbonyl (C=O) groups is 1. The van der Waals surface area contributed by atoms with Crippen molar-refractivity contribution >= 4 is 5.91 Å². The fraction of sp³-hybridized carbons (Fsp3) is 0.941. The maximum atomic E-state index is 11.5. The third-order valence-corrected chi connectivity index (χ3v) is 4.53. The van der Waals surface area contributed by atoms with Crippen LogP contribution in [0, 0.1) is 5.92 Å². The van der Waals surface area contributed by atoms with Gasteiger partial charge in [0.25, 0.3) is 0 Å².